The van der Waals surface area contributed by atoms with E-state index in [9.17, 15) is 19.2 Å². The van der Waals surface area contributed by atoms with Gasteiger partial charge in [-0.05, 0) is 23.7 Å². The summed E-state index contributed by atoms with van der Waals surface area (Å²) in [5, 5.41) is 0. The standard InChI is InChI=1S/C14H10O6/c15-11-7-3-1-2-4(8(7)12(16)19-11)6-5(3)9-10(6)14(18)20-13(9)17/h1-10H/t3-,4-,5-,6+,7+,8-,9+,10-/m1/s1. The molecule has 102 valence electrons. The lowest BCUT2D eigenvalue weighted by Gasteiger charge is -2.59. The van der Waals surface area contributed by atoms with Gasteiger partial charge in [-0.25, -0.2) is 0 Å². The van der Waals surface area contributed by atoms with Gasteiger partial charge in [-0.2, -0.15) is 0 Å². The van der Waals surface area contributed by atoms with Crippen LogP contribution >= 0.6 is 0 Å². The van der Waals surface area contributed by atoms with Crippen LogP contribution in [0.5, 0.6) is 0 Å². The molecule has 0 amide bonds. The first kappa shape index (κ1) is 10.8. The summed E-state index contributed by atoms with van der Waals surface area (Å²) in [6, 6.07) is 0. The molecule has 0 spiro atoms. The van der Waals surface area contributed by atoms with Crippen molar-refractivity contribution in [2.75, 3.05) is 0 Å². The second-order valence-electron chi connectivity index (χ2n) is 6.28. The van der Waals surface area contributed by atoms with Crippen LogP contribution in [0.1, 0.15) is 0 Å². The van der Waals surface area contributed by atoms with E-state index >= 15 is 0 Å². The first-order valence-electron chi connectivity index (χ1n) is 6.79. The number of carbonyl (C=O) groups is 4. The number of hydrogen-bond acceptors (Lipinski definition) is 6. The second-order valence-corrected chi connectivity index (χ2v) is 6.28. The Morgan fingerprint density at radius 1 is 0.600 bits per heavy atom. The molecule has 4 aliphatic carbocycles. The lowest BCUT2D eigenvalue weighted by Crippen LogP contribution is -2.63. The number of allylic oxidation sites excluding steroid dienone is 2. The first-order chi connectivity index (χ1) is 9.59. The minimum absolute atomic E-state index is 0.0614. The molecular formula is C14H10O6. The quantitative estimate of drug-likeness (QED) is 0.342. The van der Waals surface area contributed by atoms with E-state index < -0.39 is 47.5 Å². The fourth-order valence-corrected chi connectivity index (χ4v) is 5.20. The van der Waals surface area contributed by atoms with Crippen molar-refractivity contribution in [2.45, 2.75) is 0 Å². The summed E-state index contributed by atoms with van der Waals surface area (Å²) in [6.45, 7) is 0. The fraction of sp³-hybridized carbons (Fsp3) is 0.571. The molecule has 6 heteroatoms. The Balaban J connectivity index is 1.63. The van der Waals surface area contributed by atoms with Gasteiger partial charge in [0.1, 0.15) is 0 Å². The van der Waals surface area contributed by atoms with E-state index in [4.69, 9.17) is 9.47 Å². The third-order valence-corrected chi connectivity index (χ3v) is 5.81. The molecule has 0 radical (unpaired) electrons. The molecule has 0 N–H and O–H groups in total. The average Bonchev–Trinajstić information content (AvgIpc) is 2.78. The number of esters is 4. The first-order valence-corrected chi connectivity index (χ1v) is 6.79. The van der Waals surface area contributed by atoms with Gasteiger partial charge in [-0.15, -0.1) is 0 Å². The number of fused-ring (bicyclic) bond motifs is 1. The normalized spacial score (nSPS) is 54.0. The predicted molar refractivity (Wildman–Crippen MR) is 59.3 cm³/mol. The largest absolute Gasteiger partial charge is 0.393 e. The summed E-state index contributed by atoms with van der Waals surface area (Å²) < 4.78 is 9.50. The van der Waals surface area contributed by atoms with E-state index in [2.05, 4.69) is 0 Å². The zero-order valence-electron chi connectivity index (χ0n) is 10.2. The van der Waals surface area contributed by atoms with Crippen molar-refractivity contribution >= 4 is 23.9 Å². The van der Waals surface area contributed by atoms with Crippen LogP contribution in [0.15, 0.2) is 12.2 Å². The van der Waals surface area contributed by atoms with Crippen LogP contribution in [0.25, 0.3) is 0 Å². The summed E-state index contributed by atoms with van der Waals surface area (Å²) in [4.78, 5) is 47.3. The lowest BCUT2D eigenvalue weighted by atomic mass is 9.40. The van der Waals surface area contributed by atoms with Crippen LogP contribution in [-0.2, 0) is 28.7 Å². The number of carbonyl (C=O) groups excluding carboxylic acids is 4. The summed E-state index contributed by atoms with van der Waals surface area (Å²) in [5.41, 5.74) is 0. The van der Waals surface area contributed by atoms with E-state index in [0.29, 0.717) is 0 Å². The van der Waals surface area contributed by atoms with Crippen LogP contribution in [-0.4, -0.2) is 23.9 Å². The predicted octanol–water partition coefficient (Wildman–Crippen LogP) is -0.320. The lowest BCUT2D eigenvalue weighted by molar-refractivity contribution is -0.166. The van der Waals surface area contributed by atoms with Gasteiger partial charge in [0.2, 0.25) is 0 Å². The zero-order valence-corrected chi connectivity index (χ0v) is 10.2. The molecule has 6 nitrogen and oxygen atoms in total. The van der Waals surface area contributed by atoms with Gasteiger partial charge < -0.3 is 9.47 Å². The maximum atomic E-state index is 11.9. The summed E-state index contributed by atoms with van der Waals surface area (Å²) in [6.07, 6.45) is 3.83. The maximum Gasteiger partial charge on any atom is 0.318 e. The number of cyclic esters (lactones) is 4. The molecule has 6 aliphatic rings. The molecule has 2 heterocycles. The van der Waals surface area contributed by atoms with Crippen LogP contribution in [0.4, 0.5) is 0 Å². The van der Waals surface area contributed by atoms with Crippen molar-refractivity contribution in [3.05, 3.63) is 12.2 Å². The molecule has 4 fully saturated rings. The fourth-order valence-electron chi connectivity index (χ4n) is 5.20. The third kappa shape index (κ3) is 0.910. The highest BCUT2D eigenvalue weighted by Crippen LogP contribution is 2.67. The Labute approximate surface area is 113 Å². The molecule has 2 saturated carbocycles. The Morgan fingerprint density at radius 3 is 1.35 bits per heavy atom. The topological polar surface area (TPSA) is 86.7 Å². The maximum absolute atomic E-state index is 11.9. The van der Waals surface area contributed by atoms with Gasteiger partial charge in [0, 0.05) is 0 Å². The minimum atomic E-state index is -0.487. The van der Waals surface area contributed by atoms with E-state index in [1.807, 2.05) is 12.2 Å². The van der Waals surface area contributed by atoms with Crippen LogP contribution in [0.3, 0.4) is 0 Å². The number of rotatable bonds is 0. The third-order valence-electron chi connectivity index (χ3n) is 5.81. The molecule has 0 unspecified atom stereocenters. The average molecular weight is 274 g/mol. The summed E-state index contributed by atoms with van der Waals surface area (Å²) in [5.74, 6) is -4.26. The van der Waals surface area contributed by atoms with E-state index in [1.54, 1.807) is 0 Å². The monoisotopic (exact) mass is 274 g/mol. The van der Waals surface area contributed by atoms with Crippen molar-refractivity contribution in [3.63, 3.8) is 0 Å². The number of hydrogen-bond donors (Lipinski definition) is 0. The Kier molecular flexibility index (Phi) is 1.63. The van der Waals surface area contributed by atoms with Crippen LogP contribution in [0.2, 0.25) is 0 Å². The van der Waals surface area contributed by atoms with Gasteiger partial charge >= 0.3 is 23.9 Å². The SMILES string of the molecule is O=C1OC(=O)[C@H]2[C@@H]3C=C[C@@H]([C@@H]12)[C@@H]1[C@H]2C(=O)OC(=O)[C@H]2[C@H]31. The van der Waals surface area contributed by atoms with Crippen LogP contribution < -0.4 is 0 Å². The van der Waals surface area contributed by atoms with Crippen molar-refractivity contribution in [3.8, 4) is 0 Å². The van der Waals surface area contributed by atoms with E-state index in [1.165, 1.54) is 0 Å². The van der Waals surface area contributed by atoms with Gasteiger partial charge in [-0.3, -0.25) is 19.2 Å². The van der Waals surface area contributed by atoms with Crippen molar-refractivity contribution in [1.82, 2.24) is 0 Å². The van der Waals surface area contributed by atoms with Gasteiger partial charge in [-0.1, -0.05) is 12.2 Å². The highest BCUT2D eigenvalue weighted by molar-refractivity contribution is 6.01. The van der Waals surface area contributed by atoms with Gasteiger partial charge in [0.05, 0.1) is 23.7 Å². The Bertz CT molecular complexity index is 582. The molecule has 0 aromatic rings. The van der Waals surface area contributed by atoms with E-state index in [-0.39, 0.29) is 23.7 Å². The van der Waals surface area contributed by atoms with Gasteiger partial charge in [0.25, 0.3) is 0 Å². The molecular weight excluding hydrogens is 264 g/mol. The molecule has 0 aromatic heterocycles. The molecule has 6 rings (SSSR count). The zero-order chi connectivity index (χ0) is 13.8. The van der Waals surface area contributed by atoms with E-state index in [0.717, 1.165) is 0 Å². The highest BCUT2D eigenvalue weighted by atomic mass is 16.6. The minimum Gasteiger partial charge on any atom is -0.393 e. The molecule has 0 aromatic carbocycles. The molecule has 2 aliphatic heterocycles. The Hall–Kier alpha value is -1.98. The second kappa shape index (κ2) is 3.02. The molecule has 8 atom stereocenters. The van der Waals surface area contributed by atoms with Crippen LogP contribution in [0, 0.1) is 47.3 Å². The smallest absolute Gasteiger partial charge is 0.318 e. The summed E-state index contributed by atoms with van der Waals surface area (Å²) >= 11 is 0. The van der Waals surface area contributed by atoms with Crippen molar-refractivity contribution in [2.24, 2.45) is 47.3 Å². The molecule has 2 saturated heterocycles. The van der Waals surface area contributed by atoms with Crippen molar-refractivity contribution < 1.29 is 28.7 Å². The Morgan fingerprint density at radius 2 is 0.950 bits per heavy atom. The van der Waals surface area contributed by atoms with Gasteiger partial charge in [0.15, 0.2) is 0 Å². The molecule has 2 bridgehead atoms. The highest BCUT2D eigenvalue weighted by Gasteiger charge is 2.74. The summed E-state index contributed by atoms with van der Waals surface area (Å²) in [7, 11) is 0. The molecule has 20 heavy (non-hydrogen) atoms. The van der Waals surface area contributed by atoms with Crippen molar-refractivity contribution in [1.29, 1.82) is 0 Å². The number of ether oxygens (including phenoxy) is 2.